The summed E-state index contributed by atoms with van der Waals surface area (Å²) in [5.41, 5.74) is 4.63. The van der Waals surface area contributed by atoms with Gasteiger partial charge in [-0.05, 0) is 65.8 Å². The second-order valence-corrected chi connectivity index (χ2v) is 11.1. The number of nitrogens with zero attached hydrogens (tertiary/aromatic N) is 1. The molecule has 0 saturated carbocycles. The molecule has 0 saturated heterocycles. The third-order valence-corrected chi connectivity index (χ3v) is 7.93. The number of nitrogens with one attached hydrogen (secondary N) is 1. The number of rotatable bonds is 8. The van der Waals surface area contributed by atoms with Gasteiger partial charge in [-0.2, -0.15) is 0 Å². The molecule has 0 fully saturated rings. The summed E-state index contributed by atoms with van der Waals surface area (Å²) in [5, 5.41) is 3.58. The van der Waals surface area contributed by atoms with Crippen LogP contribution < -0.4 is 29.2 Å². The van der Waals surface area contributed by atoms with E-state index in [0.29, 0.717) is 53.3 Å². The second kappa shape index (κ2) is 12.2. The minimum absolute atomic E-state index is 0.0153. The van der Waals surface area contributed by atoms with Crippen molar-refractivity contribution in [1.82, 2.24) is 0 Å². The zero-order chi connectivity index (χ0) is 30.0. The van der Waals surface area contributed by atoms with Crippen molar-refractivity contribution in [2.24, 2.45) is 5.92 Å². The van der Waals surface area contributed by atoms with Crippen molar-refractivity contribution in [1.29, 1.82) is 0 Å². The standard InChI is InChI=1S/C34H38N2O6/c1-20(2)15-31(38)36-27-10-8-7-9-25(27)35-26-16-22(21-11-13-24(39-3)14-12-21)17-28(37)32(26)33(36)23-18-29(40-4)34(42-6)30(19-23)41-5/h7-14,18-20,22,33,35H,15-17H2,1-6H3/t22-,33-/m0/s1. The molecule has 220 valence electrons. The molecule has 1 heterocycles. The number of hydrogen-bond acceptors (Lipinski definition) is 7. The normalized spacial score (nSPS) is 18.1. The number of hydrogen-bond donors (Lipinski definition) is 1. The first-order valence-electron chi connectivity index (χ1n) is 14.2. The molecule has 42 heavy (non-hydrogen) atoms. The lowest BCUT2D eigenvalue weighted by atomic mass is 9.78. The van der Waals surface area contributed by atoms with Gasteiger partial charge in [0.25, 0.3) is 0 Å². The number of allylic oxidation sites excluding steroid dienone is 1. The fourth-order valence-electron chi connectivity index (χ4n) is 6.00. The highest BCUT2D eigenvalue weighted by Crippen LogP contribution is 2.50. The highest BCUT2D eigenvalue weighted by molar-refractivity contribution is 6.06. The number of benzene rings is 3. The first-order valence-corrected chi connectivity index (χ1v) is 14.2. The van der Waals surface area contributed by atoms with Crippen LogP contribution in [0, 0.1) is 5.92 Å². The Bertz CT molecular complexity index is 1490. The van der Waals surface area contributed by atoms with Crippen molar-refractivity contribution in [3.8, 4) is 23.0 Å². The Hall–Kier alpha value is -4.46. The van der Waals surface area contributed by atoms with E-state index in [0.717, 1.165) is 22.7 Å². The number of ether oxygens (including phenoxy) is 4. The van der Waals surface area contributed by atoms with Crippen LogP contribution in [0.3, 0.4) is 0 Å². The molecule has 1 amide bonds. The molecule has 2 aliphatic rings. The largest absolute Gasteiger partial charge is 0.497 e. The number of anilines is 2. The van der Waals surface area contributed by atoms with Crippen LogP contribution >= 0.6 is 0 Å². The first kappa shape index (κ1) is 29.0. The van der Waals surface area contributed by atoms with Crippen molar-refractivity contribution in [2.75, 3.05) is 38.7 Å². The van der Waals surface area contributed by atoms with Gasteiger partial charge in [0.05, 0.1) is 45.9 Å². The molecule has 8 heteroatoms. The molecule has 0 unspecified atom stereocenters. The molecule has 3 aromatic rings. The van der Waals surface area contributed by atoms with Crippen LogP contribution in [0.25, 0.3) is 0 Å². The van der Waals surface area contributed by atoms with E-state index < -0.39 is 6.04 Å². The van der Waals surface area contributed by atoms with Gasteiger partial charge < -0.3 is 24.3 Å². The predicted molar refractivity (Wildman–Crippen MR) is 163 cm³/mol. The van der Waals surface area contributed by atoms with Crippen molar-refractivity contribution in [2.45, 2.75) is 45.1 Å². The van der Waals surface area contributed by atoms with E-state index in [-0.39, 0.29) is 23.5 Å². The molecule has 0 spiro atoms. The molecule has 3 aromatic carbocycles. The van der Waals surface area contributed by atoms with Crippen LogP contribution in [0.5, 0.6) is 23.0 Å². The molecule has 8 nitrogen and oxygen atoms in total. The van der Waals surface area contributed by atoms with Gasteiger partial charge in [-0.15, -0.1) is 0 Å². The lowest BCUT2D eigenvalue weighted by Gasteiger charge is -2.36. The highest BCUT2D eigenvalue weighted by Gasteiger charge is 2.42. The summed E-state index contributed by atoms with van der Waals surface area (Å²) < 4.78 is 22.3. The zero-order valence-electron chi connectivity index (χ0n) is 25.0. The summed E-state index contributed by atoms with van der Waals surface area (Å²) in [6.07, 6.45) is 1.24. The van der Waals surface area contributed by atoms with Gasteiger partial charge >= 0.3 is 0 Å². The van der Waals surface area contributed by atoms with Crippen LogP contribution in [-0.2, 0) is 9.59 Å². The average molecular weight is 571 g/mol. The fourth-order valence-corrected chi connectivity index (χ4v) is 6.00. The molecule has 1 N–H and O–H groups in total. The van der Waals surface area contributed by atoms with E-state index in [9.17, 15) is 9.59 Å². The Kier molecular flexibility index (Phi) is 8.43. The number of methoxy groups -OCH3 is 4. The topological polar surface area (TPSA) is 86.3 Å². The van der Waals surface area contributed by atoms with E-state index in [4.69, 9.17) is 18.9 Å². The Morgan fingerprint density at radius 3 is 2.14 bits per heavy atom. The molecular weight excluding hydrogens is 532 g/mol. The third kappa shape index (κ3) is 5.41. The number of fused-ring (bicyclic) bond motifs is 1. The smallest absolute Gasteiger partial charge is 0.228 e. The Labute approximate surface area is 247 Å². The molecule has 1 aliphatic heterocycles. The first-order chi connectivity index (χ1) is 20.3. The molecule has 0 radical (unpaired) electrons. The van der Waals surface area contributed by atoms with Gasteiger partial charge in [0.15, 0.2) is 17.3 Å². The highest BCUT2D eigenvalue weighted by atomic mass is 16.5. The van der Waals surface area contributed by atoms with Crippen molar-refractivity contribution < 1.29 is 28.5 Å². The van der Waals surface area contributed by atoms with E-state index in [1.165, 1.54) is 0 Å². The molecule has 0 bridgehead atoms. The van der Waals surface area contributed by atoms with Crippen LogP contribution in [-0.4, -0.2) is 40.1 Å². The fraction of sp³-hybridized carbons (Fsp3) is 0.353. The lowest BCUT2D eigenvalue weighted by molar-refractivity contribution is -0.119. The number of Topliss-reactive ketones (excluding diaryl/α,β-unsaturated/α-hetero) is 1. The van der Waals surface area contributed by atoms with Gasteiger partial charge in [-0.25, -0.2) is 0 Å². The quantitative estimate of drug-likeness (QED) is 0.324. The monoisotopic (exact) mass is 570 g/mol. The SMILES string of the molecule is COc1ccc([C@@H]2CC(=O)C3=C(C2)Nc2ccccc2N(C(=O)CC(C)C)[C@H]3c2cc(OC)c(OC)c(OC)c2)cc1. The van der Waals surface area contributed by atoms with Gasteiger partial charge in [-0.1, -0.05) is 38.1 Å². The van der Waals surface area contributed by atoms with Gasteiger partial charge in [0.1, 0.15) is 5.75 Å². The van der Waals surface area contributed by atoms with Gasteiger partial charge in [0.2, 0.25) is 11.7 Å². The average Bonchev–Trinajstić information content (AvgIpc) is 3.14. The predicted octanol–water partition coefficient (Wildman–Crippen LogP) is 6.67. The van der Waals surface area contributed by atoms with Crippen LogP contribution in [0.4, 0.5) is 11.4 Å². The number of ketones is 1. The molecular formula is C34H38N2O6. The summed E-state index contributed by atoms with van der Waals surface area (Å²) in [4.78, 5) is 30.2. The van der Waals surface area contributed by atoms with Gasteiger partial charge in [-0.3, -0.25) is 14.5 Å². The van der Waals surface area contributed by atoms with Crippen molar-refractivity contribution in [3.05, 3.63) is 83.1 Å². The summed E-state index contributed by atoms with van der Waals surface area (Å²) in [6.45, 7) is 4.04. The van der Waals surface area contributed by atoms with Crippen molar-refractivity contribution in [3.63, 3.8) is 0 Å². The van der Waals surface area contributed by atoms with E-state index in [1.54, 1.807) is 33.3 Å². The molecule has 5 rings (SSSR count). The molecule has 0 aromatic heterocycles. The Balaban J connectivity index is 1.74. The van der Waals surface area contributed by atoms with E-state index in [1.807, 2.05) is 74.5 Å². The minimum atomic E-state index is -0.708. The zero-order valence-corrected chi connectivity index (χ0v) is 25.0. The Morgan fingerprint density at radius 1 is 0.881 bits per heavy atom. The number of carbonyl (C=O) groups is 2. The van der Waals surface area contributed by atoms with Crippen LogP contribution in [0.1, 0.15) is 56.2 Å². The lowest BCUT2D eigenvalue weighted by Crippen LogP contribution is -2.39. The van der Waals surface area contributed by atoms with E-state index >= 15 is 0 Å². The summed E-state index contributed by atoms with van der Waals surface area (Å²) in [5.74, 6) is 2.13. The number of amides is 1. The number of para-hydroxylation sites is 2. The van der Waals surface area contributed by atoms with E-state index in [2.05, 4.69) is 5.32 Å². The maximum atomic E-state index is 14.3. The second-order valence-electron chi connectivity index (χ2n) is 11.1. The minimum Gasteiger partial charge on any atom is -0.497 e. The van der Waals surface area contributed by atoms with Crippen molar-refractivity contribution >= 4 is 23.1 Å². The summed E-state index contributed by atoms with van der Waals surface area (Å²) in [6, 6.07) is 18.6. The molecule has 1 aliphatic carbocycles. The Morgan fingerprint density at radius 2 is 1.55 bits per heavy atom. The summed E-state index contributed by atoms with van der Waals surface area (Å²) in [7, 11) is 6.30. The third-order valence-electron chi connectivity index (χ3n) is 7.93. The maximum absolute atomic E-state index is 14.3. The van der Waals surface area contributed by atoms with Gasteiger partial charge in [0, 0.05) is 24.1 Å². The summed E-state index contributed by atoms with van der Waals surface area (Å²) >= 11 is 0. The number of carbonyl (C=O) groups excluding carboxylic acids is 2. The van der Waals surface area contributed by atoms with Crippen LogP contribution in [0.2, 0.25) is 0 Å². The van der Waals surface area contributed by atoms with Crippen LogP contribution in [0.15, 0.2) is 71.9 Å². The maximum Gasteiger partial charge on any atom is 0.228 e. The molecule has 2 atom stereocenters.